The average molecular weight is 464 g/mol. The third-order valence-electron chi connectivity index (χ3n) is 3.68. The van der Waals surface area contributed by atoms with Crippen molar-refractivity contribution < 1.29 is 22.7 Å². The summed E-state index contributed by atoms with van der Waals surface area (Å²) in [6.07, 6.45) is -4.80. The predicted molar refractivity (Wildman–Crippen MR) is 110 cm³/mol. The highest BCUT2D eigenvalue weighted by Crippen LogP contribution is 2.31. The van der Waals surface area contributed by atoms with Gasteiger partial charge in [-0.25, -0.2) is 9.69 Å². The Morgan fingerprint density at radius 1 is 1.21 bits per heavy atom. The third-order valence-corrected chi connectivity index (χ3v) is 5.50. The molecule has 0 unspecified atom stereocenters. The van der Waals surface area contributed by atoms with Gasteiger partial charge in [-0.05, 0) is 42.5 Å². The minimum Gasteiger partial charge on any atom is -0.406 e. The van der Waals surface area contributed by atoms with E-state index in [0.717, 1.165) is 12.1 Å². The predicted octanol–water partition coefficient (Wildman–Crippen LogP) is 6.42. The van der Waals surface area contributed by atoms with Gasteiger partial charge in [-0.15, -0.1) is 13.2 Å². The first-order chi connectivity index (χ1) is 13.6. The van der Waals surface area contributed by atoms with E-state index in [1.54, 1.807) is 6.07 Å². The number of alkyl halides is 3. The largest absolute Gasteiger partial charge is 0.573 e. The highest BCUT2D eigenvalue weighted by atomic mass is 35.5. The van der Waals surface area contributed by atoms with Gasteiger partial charge in [0.05, 0.1) is 22.3 Å². The van der Waals surface area contributed by atoms with E-state index in [-0.39, 0.29) is 16.0 Å². The van der Waals surface area contributed by atoms with Crippen molar-refractivity contribution in [3.63, 3.8) is 0 Å². The van der Waals surface area contributed by atoms with Crippen LogP contribution in [0.4, 0.5) is 29.3 Å². The van der Waals surface area contributed by atoms with E-state index < -0.39 is 12.4 Å². The molecule has 0 bridgehead atoms. The summed E-state index contributed by atoms with van der Waals surface area (Å²) in [5.41, 5.74) is 0.737. The van der Waals surface area contributed by atoms with E-state index in [9.17, 15) is 18.0 Å². The molecule has 0 aliphatic carbocycles. The lowest BCUT2D eigenvalue weighted by molar-refractivity contribution is -0.274. The van der Waals surface area contributed by atoms with Crippen LogP contribution in [0.3, 0.4) is 0 Å². The zero-order valence-electron chi connectivity index (χ0n) is 14.8. The average Bonchev–Trinajstić information content (AvgIpc) is 3.04. The van der Waals surface area contributed by atoms with Gasteiger partial charge in [0.25, 0.3) is 0 Å². The van der Waals surface area contributed by atoms with Gasteiger partial charge in [0.1, 0.15) is 5.75 Å². The number of carbonyl (C=O) groups is 1. The maximum atomic E-state index is 13.0. The van der Waals surface area contributed by atoms with Crippen LogP contribution < -0.4 is 15.0 Å². The fourth-order valence-electron chi connectivity index (χ4n) is 2.45. The number of nitrogens with one attached hydrogen (secondary N) is 1. The first kappa shape index (κ1) is 21.6. The van der Waals surface area contributed by atoms with Crippen molar-refractivity contribution in [2.75, 3.05) is 16.8 Å². The van der Waals surface area contributed by atoms with Crippen molar-refractivity contribution in [3.8, 4) is 5.75 Å². The summed E-state index contributed by atoms with van der Waals surface area (Å²) in [6.45, 7) is 2.47. The molecular weight excluding hydrogens is 450 g/mol. The maximum Gasteiger partial charge on any atom is 0.573 e. The van der Waals surface area contributed by atoms with Crippen LogP contribution in [0, 0.1) is 0 Å². The zero-order chi connectivity index (χ0) is 21.2. The summed E-state index contributed by atoms with van der Waals surface area (Å²) in [5.74, 6) is -0.388. The van der Waals surface area contributed by atoms with Gasteiger partial charge in [0.15, 0.2) is 5.17 Å². The molecule has 0 fully saturated rings. The first-order valence-corrected chi connectivity index (χ1v) is 9.89. The van der Waals surface area contributed by atoms with Crippen LogP contribution in [0.25, 0.3) is 0 Å². The summed E-state index contributed by atoms with van der Waals surface area (Å²) in [7, 11) is 0. The molecule has 2 aromatic carbocycles. The van der Waals surface area contributed by atoms with Gasteiger partial charge in [-0.3, -0.25) is 4.99 Å². The highest BCUT2D eigenvalue weighted by molar-refractivity contribution is 8.15. The lowest BCUT2D eigenvalue weighted by atomic mass is 10.3. The van der Waals surface area contributed by atoms with Crippen molar-refractivity contribution in [2.24, 2.45) is 4.99 Å². The lowest BCUT2D eigenvalue weighted by Gasteiger charge is -2.23. The van der Waals surface area contributed by atoms with E-state index in [4.69, 9.17) is 23.2 Å². The van der Waals surface area contributed by atoms with Gasteiger partial charge in [0, 0.05) is 10.9 Å². The Morgan fingerprint density at radius 2 is 1.90 bits per heavy atom. The number of urea groups is 1. The molecule has 11 heteroatoms. The Hall–Kier alpha value is -2.10. The van der Waals surface area contributed by atoms with Crippen LogP contribution >= 0.6 is 35.0 Å². The molecule has 154 valence electrons. The molecule has 2 amide bonds. The number of hydrogen-bond acceptors (Lipinski definition) is 4. The van der Waals surface area contributed by atoms with E-state index in [1.165, 1.54) is 40.9 Å². The summed E-state index contributed by atoms with van der Waals surface area (Å²) < 4.78 is 41.0. The van der Waals surface area contributed by atoms with Crippen molar-refractivity contribution in [1.29, 1.82) is 0 Å². The van der Waals surface area contributed by atoms with Gasteiger partial charge >= 0.3 is 12.4 Å². The van der Waals surface area contributed by atoms with Crippen molar-refractivity contribution in [3.05, 3.63) is 52.5 Å². The second-order valence-corrected chi connectivity index (χ2v) is 8.21. The van der Waals surface area contributed by atoms with Crippen LogP contribution in [0.1, 0.15) is 6.92 Å². The number of anilines is 2. The Labute approximate surface area is 178 Å². The molecule has 1 aliphatic heterocycles. The number of nitrogens with zero attached hydrogens (tertiary/aromatic N) is 2. The Bertz CT molecular complexity index is 939. The SMILES string of the molecule is C[C@H]1CN=C(N(C(=O)Nc2ccc(Cl)c(Cl)c2)c2ccc(OC(F)(F)F)cc2)S1. The van der Waals surface area contributed by atoms with Crippen molar-refractivity contribution in [1.82, 2.24) is 0 Å². The van der Waals surface area contributed by atoms with Crippen LogP contribution in [0.15, 0.2) is 47.5 Å². The molecule has 0 radical (unpaired) electrons. The molecule has 29 heavy (non-hydrogen) atoms. The van der Waals surface area contributed by atoms with E-state index in [2.05, 4.69) is 15.0 Å². The van der Waals surface area contributed by atoms with Gasteiger partial charge in [-0.1, -0.05) is 41.9 Å². The molecule has 5 nitrogen and oxygen atoms in total. The van der Waals surface area contributed by atoms with Gasteiger partial charge in [0.2, 0.25) is 0 Å². The second-order valence-electron chi connectivity index (χ2n) is 5.99. The molecular formula is C18H14Cl2F3N3O2S. The molecule has 2 aromatic rings. The monoisotopic (exact) mass is 463 g/mol. The molecule has 0 saturated heterocycles. The number of halogens is 5. The second kappa shape index (κ2) is 8.73. The number of carbonyl (C=O) groups excluding carboxylic acids is 1. The number of aliphatic imine (C=N–C) groups is 1. The van der Waals surface area contributed by atoms with Crippen LogP contribution in [-0.2, 0) is 0 Å². The number of amides is 2. The Morgan fingerprint density at radius 3 is 2.45 bits per heavy atom. The molecule has 1 atom stereocenters. The van der Waals surface area contributed by atoms with Crippen LogP contribution in [-0.4, -0.2) is 29.4 Å². The van der Waals surface area contributed by atoms with Crippen LogP contribution in [0.5, 0.6) is 5.75 Å². The highest BCUT2D eigenvalue weighted by Gasteiger charge is 2.32. The third kappa shape index (κ3) is 5.71. The van der Waals surface area contributed by atoms with Gasteiger partial charge in [-0.2, -0.15) is 0 Å². The number of benzene rings is 2. The smallest absolute Gasteiger partial charge is 0.406 e. The minimum atomic E-state index is -4.80. The summed E-state index contributed by atoms with van der Waals surface area (Å²) in [6, 6.07) is 9.02. The fourth-order valence-corrected chi connectivity index (χ4v) is 3.70. The molecule has 1 aliphatic rings. The number of amidine groups is 1. The molecule has 3 rings (SSSR count). The van der Waals surface area contributed by atoms with Crippen LogP contribution in [0.2, 0.25) is 10.0 Å². The molecule has 0 spiro atoms. The van der Waals surface area contributed by atoms with Crippen molar-refractivity contribution in [2.45, 2.75) is 18.5 Å². The topological polar surface area (TPSA) is 53.9 Å². The molecule has 1 heterocycles. The van der Waals surface area contributed by atoms with E-state index in [1.807, 2.05) is 6.92 Å². The minimum absolute atomic E-state index is 0.165. The zero-order valence-corrected chi connectivity index (χ0v) is 17.2. The number of hydrogen-bond donors (Lipinski definition) is 1. The lowest BCUT2D eigenvalue weighted by Crippen LogP contribution is -2.38. The normalized spacial score (nSPS) is 16.3. The molecule has 1 N–H and O–H groups in total. The van der Waals surface area contributed by atoms with E-state index >= 15 is 0 Å². The van der Waals surface area contributed by atoms with Crippen molar-refractivity contribution >= 4 is 57.5 Å². The summed E-state index contributed by atoms with van der Waals surface area (Å²) >= 11 is 13.3. The Balaban J connectivity index is 1.86. The summed E-state index contributed by atoms with van der Waals surface area (Å²) in [5, 5.41) is 3.90. The standard InChI is InChI=1S/C18H14Cl2F3N3O2S/c1-10-9-24-17(29-10)26(12-3-5-13(6-4-12)28-18(21,22)23)16(27)25-11-2-7-14(19)15(20)8-11/h2-8,10H,9H2,1H3,(H,25,27)/t10-/m0/s1. The number of rotatable bonds is 3. The Kier molecular flexibility index (Phi) is 6.50. The first-order valence-electron chi connectivity index (χ1n) is 8.25. The fraction of sp³-hybridized carbons (Fsp3) is 0.222. The van der Waals surface area contributed by atoms with Gasteiger partial charge < -0.3 is 10.1 Å². The molecule has 0 aromatic heterocycles. The quantitative estimate of drug-likeness (QED) is 0.570. The molecule has 0 saturated carbocycles. The number of ether oxygens (including phenoxy) is 1. The number of thioether (sulfide) groups is 1. The van der Waals surface area contributed by atoms with E-state index in [0.29, 0.717) is 28.1 Å². The maximum absolute atomic E-state index is 13.0. The summed E-state index contributed by atoms with van der Waals surface area (Å²) in [4.78, 5) is 18.6.